The molecule has 1 aliphatic rings. The third-order valence-corrected chi connectivity index (χ3v) is 5.68. The molecule has 0 amide bonds. The van der Waals surface area contributed by atoms with Gasteiger partial charge in [0.2, 0.25) is 0 Å². The Hall–Kier alpha value is -2.95. The molecular formula is C23H24N2O3. The van der Waals surface area contributed by atoms with E-state index in [4.69, 9.17) is 4.74 Å². The van der Waals surface area contributed by atoms with Crippen LogP contribution in [0.2, 0.25) is 0 Å². The Morgan fingerprint density at radius 2 is 1.75 bits per heavy atom. The van der Waals surface area contributed by atoms with Gasteiger partial charge in [0.05, 0.1) is 29.3 Å². The molecule has 2 aromatic carbocycles. The Kier molecular flexibility index (Phi) is 5.24. The molecule has 144 valence electrons. The molecular weight excluding hydrogens is 352 g/mol. The topological polar surface area (TPSA) is 61.2 Å². The van der Waals surface area contributed by atoms with Crippen LogP contribution in [0.5, 0.6) is 0 Å². The van der Waals surface area contributed by atoms with Crippen LogP contribution in [0.15, 0.2) is 65.7 Å². The van der Waals surface area contributed by atoms with E-state index in [0.717, 1.165) is 31.2 Å². The average molecular weight is 376 g/mol. The first-order valence-corrected chi connectivity index (χ1v) is 9.88. The van der Waals surface area contributed by atoms with E-state index in [-0.39, 0.29) is 11.5 Å². The van der Waals surface area contributed by atoms with Crippen LogP contribution in [0, 0.1) is 0 Å². The number of carbonyl (C=O) groups is 1. The van der Waals surface area contributed by atoms with E-state index < -0.39 is 5.41 Å². The summed E-state index contributed by atoms with van der Waals surface area (Å²) in [5, 5.41) is 0.607. The fourth-order valence-electron chi connectivity index (χ4n) is 4.15. The lowest BCUT2D eigenvalue weighted by Gasteiger charge is -2.27. The Morgan fingerprint density at radius 3 is 2.54 bits per heavy atom. The van der Waals surface area contributed by atoms with Crippen LogP contribution in [0.3, 0.4) is 0 Å². The Labute approximate surface area is 164 Å². The minimum absolute atomic E-state index is 0.0616. The van der Waals surface area contributed by atoms with Gasteiger partial charge in [-0.15, -0.1) is 0 Å². The van der Waals surface area contributed by atoms with Gasteiger partial charge in [-0.1, -0.05) is 55.3 Å². The number of hydrogen-bond acceptors (Lipinski definition) is 4. The van der Waals surface area contributed by atoms with Crippen molar-refractivity contribution in [3.8, 4) is 0 Å². The van der Waals surface area contributed by atoms with Gasteiger partial charge in [-0.3, -0.25) is 14.2 Å². The van der Waals surface area contributed by atoms with E-state index >= 15 is 0 Å². The number of hydrogen-bond donors (Lipinski definition) is 0. The molecule has 28 heavy (non-hydrogen) atoms. The lowest BCUT2D eigenvalue weighted by atomic mass is 9.79. The molecule has 0 bridgehead atoms. The highest BCUT2D eigenvalue weighted by molar-refractivity contribution is 5.83. The smallest absolute Gasteiger partial charge is 0.316 e. The number of esters is 1. The fourth-order valence-corrected chi connectivity index (χ4v) is 4.15. The Bertz CT molecular complexity index is 1020. The van der Waals surface area contributed by atoms with Crippen LogP contribution in [-0.4, -0.2) is 22.1 Å². The van der Waals surface area contributed by atoms with Gasteiger partial charge >= 0.3 is 5.97 Å². The van der Waals surface area contributed by atoms with Gasteiger partial charge in [0, 0.05) is 6.54 Å². The van der Waals surface area contributed by atoms with E-state index in [9.17, 15) is 9.59 Å². The lowest BCUT2D eigenvalue weighted by molar-refractivity contribution is -0.150. The maximum Gasteiger partial charge on any atom is 0.316 e. The normalized spacial score (nSPS) is 15.6. The van der Waals surface area contributed by atoms with Crippen LogP contribution < -0.4 is 5.56 Å². The maximum atomic E-state index is 12.9. The van der Waals surface area contributed by atoms with E-state index in [2.05, 4.69) is 4.98 Å². The summed E-state index contributed by atoms with van der Waals surface area (Å²) in [4.78, 5) is 29.8. The molecule has 1 aromatic heterocycles. The summed E-state index contributed by atoms with van der Waals surface area (Å²) in [6.45, 7) is 0.773. The van der Waals surface area contributed by atoms with Crippen molar-refractivity contribution in [3.05, 3.63) is 76.8 Å². The molecule has 3 aromatic rings. The van der Waals surface area contributed by atoms with E-state index in [0.29, 0.717) is 30.5 Å². The first kappa shape index (κ1) is 18.4. The number of nitrogens with zero attached hydrogens (tertiary/aromatic N) is 2. The molecule has 1 heterocycles. The summed E-state index contributed by atoms with van der Waals surface area (Å²) < 4.78 is 7.24. The number of para-hydroxylation sites is 1. The van der Waals surface area contributed by atoms with Crippen molar-refractivity contribution in [1.29, 1.82) is 0 Å². The monoisotopic (exact) mass is 376 g/mol. The second-order valence-corrected chi connectivity index (χ2v) is 7.40. The van der Waals surface area contributed by atoms with Crippen LogP contribution in [0.25, 0.3) is 10.9 Å². The van der Waals surface area contributed by atoms with Crippen molar-refractivity contribution in [2.45, 2.75) is 44.1 Å². The molecule has 0 spiro atoms. The van der Waals surface area contributed by atoms with Crippen LogP contribution in [-0.2, 0) is 21.5 Å². The summed E-state index contributed by atoms with van der Waals surface area (Å²) in [6.07, 6.45) is 5.91. The lowest BCUT2D eigenvalue weighted by Crippen LogP contribution is -2.35. The Balaban J connectivity index is 1.39. The highest BCUT2D eigenvalue weighted by atomic mass is 16.5. The van der Waals surface area contributed by atoms with E-state index in [1.54, 1.807) is 17.0 Å². The predicted octanol–water partition coefficient (Wildman–Crippen LogP) is 3.84. The minimum Gasteiger partial charge on any atom is -0.465 e. The molecule has 5 heteroatoms. The molecule has 0 saturated heterocycles. The minimum atomic E-state index is -0.511. The average Bonchev–Trinajstić information content (AvgIpc) is 3.24. The van der Waals surface area contributed by atoms with Gasteiger partial charge in [0.25, 0.3) is 5.56 Å². The zero-order valence-corrected chi connectivity index (χ0v) is 15.8. The maximum absolute atomic E-state index is 12.9. The Morgan fingerprint density at radius 1 is 1.04 bits per heavy atom. The summed E-state index contributed by atoms with van der Waals surface area (Å²) in [7, 11) is 0. The van der Waals surface area contributed by atoms with Gasteiger partial charge in [-0.2, -0.15) is 0 Å². The molecule has 1 saturated carbocycles. The van der Waals surface area contributed by atoms with Crippen molar-refractivity contribution >= 4 is 16.9 Å². The van der Waals surface area contributed by atoms with Crippen molar-refractivity contribution in [2.24, 2.45) is 0 Å². The molecule has 1 aliphatic carbocycles. The summed E-state index contributed by atoms with van der Waals surface area (Å²) in [5.41, 5.74) is 1.17. The quantitative estimate of drug-likeness (QED) is 0.484. The molecule has 0 N–H and O–H groups in total. The van der Waals surface area contributed by atoms with E-state index in [1.807, 2.05) is 48.5 Å². The zero-order valence-electron chi connectivity index (χ0n) is 15.8. The number of carbonyl (C=O) groups excluding carboxylic acids is 1. The summed E-state index contributed by atoms with van der Waals surface area (Å²) in [5.74, 6) is -0.139. The van der Waals surface area contributed by atoms with E-state index in [1.165, 1.54) is 0 Å². The van der Waals surface area contributed by atoms with Crippen LogP contribution in [0.4, 0.5) is 0 Å². The zero-order chi connectivity index (χ0) is 19.4. The summed E-state index contributed by atoms with van der Waals surface area (Å²) >= 11 is 0. The predicted molar refractivity (Wildman–Crippen MR) is 108 cm³/mol. The fraction of sp³-hybridized carbons (Fsp3) is 0.348. The second-order valence-electron chi connectivity index (χ2n) is 7.40. The van der Waals surface area contributed by atoms with Crippen LogP contribution in [0.1, 0.15) is 37.7 Å². The number of ether oxygens (including phenoxy) is 1. The highest BCUT2D eigenvalue weighted by Crippen LogP contribution is 2.42. The van der Waals surface area contributed by atoms with Gasteiger partial charge in [-0.05, 0) is 37.0 Å². The van der Waals surface area contributed by atoms with Crippen molar-refractivity contribution in [3.63, 3.8) is 0 Å². The van der Waals surface area contributed by atoms with Crippen molar-refractivity contribution < 1.29 is 9.53 Å². The van der Waals surface area contributed by atoms with Crippen LogP contribution >= 0.6 is 0 Å². The summed E-state index contributed by atoms with van der Waals surface area (Å²) in [6, 6.07) is 17.3. The third kappa shape index (κ3) is 3.44. The SMILES string of the molecule is O=C(OCCCn1cnc2ccccc2c1=O)C1(c2ccccc2)CCCC1. The standard InChI is InChI=1S/C23H24N2O3/c26-21-19-11-4-5-12-20(19)24-17-25(21)15-8-16-28-22(27)23(13-6-7-14-23)18-9-2-1-3-10-18/h1-5,9-12,17H,6-8,13-16H2. The van der Waals surface area contributed by atoms with Gasteiger partial charge in [-0.25, -0.2) is 4.98 Å². The largest absolute Gasteiger partial charge is 0.465 e. The molecule has 0 atom stereocenters. The molecule has 0 radical (unpaired) electrons. The number of aromatic nitrogens is 2. The van der Waals surface area contributed by atoms with Gasteiger partial charge < -0.3 is 4.74 Å². The number of fused-ring (bicyclic) bond motifs is 1. The highest BCUT2D eigenvalue weighted by Gasteiger charge is 2.43. The van der Waals surface area contributed by atoms with Gasteiger partial charge in [0.1, 0.15) is 0 Å². The molecule has 0 aliphatic heterocycles. The molecule has 4 rings (SSSR count). The van der Waals surface area contributed by atoms with Crippen molar-refractivity contribution in [2.75, 3.05) is 6.61 Å². The first-order chi connectivity index (χ1) is 13.7. The molecule has 0 unspecified atom stereocenters. The third-order valence-electron chi connectivity index (χ3n) is 5.68. The molecule has 1 fully saturated rings. The number of benzene rings is 2. The number of aryl methyl sites for hydroxylation is 1. The van der Waals surface area contributed by atoms with Gasteiger partial charge in [0.15, 0.2) is 0 Å². The first-order valence-electron chi connectivity index (χ1n) is 9.88. The molecule has 5 nitrogen and oxygen atoms in total. The second kappa shape index (κ2) is 7.97. The number of rotatable bonds is 6. The van der Waals surface area contributed by atoms with Crippen molar-refractivity contribution in [1.82, 2.24) is 9.55 Å².